The van der Waals surface area contributed by atoms with Crippen molar-refractivity contribution in [2.24, 2.45) is 0 Å². The van der Waals surface area contributed by atoms with Crippen LogP contribution in [0.25, 0.3) is 10.8 Å². The van der Waals surface area contributed by atoms with E-state index in [0.717, 1.165) is 17.3 Å². The molecule has 4 aromatic rings. The van der Waals surface area contributed by atoms with E-state index in [-0.39, 0.29) is 5.91 Å². The Balaban J connectivity index is 1.36. The molecule has 1 heterocycles. The minimum atomic E-state index is -0.263. The molecule has 0 unspecified atom stereocenters. The van der Waals surface area contributed by atoms with Crippen LogP contribution in [0, 0.1) is 0 Å². The first-order valence-corrected chi connectivity index (χ1v) is 10.4. The van der Waals surface area contributed by atoms with Crippen molar-refractivity contribution in [3.05, 3.63) is 82.3 Å². The van der Waals surface area contributed by atoms with Crippen LogP contribution in [0.3, 0.4) is 0 Å². The number of ether oxygens (including phenoxy) is 1. The van der Waals surface area contributed by atoms with E-state index in [1.807, 2.05) is 13.1 Å². The van der Waals surface area contributed by atoms with E-state index in [0.29, 0.717) is 17.2 Å². The van der Waals surface area contributed by atoms with Crippen LogP contribution in [0.1, 0.15) is 20.4 Å². The number of rotatable bonds is 7. The van der Waals surface area contributed by atoms with Crippen LogP contribution in [0.15, 0.2) is 66.7 Å². The first kappa shape index (κ1) is 20.0. The van der Waals surface area contributed by atoms with E-state index >= 15 is 0 Å². The Morgan fingerprint density at radius 3 is 2.53 bits per heavy atom. The molecular weight excluding hydrogens is 396 g/mol. The third kappa shape index (κ3) is 4.82. The van der Waals surface area contributed by atoms with Gasteiger partial charge in [-0.25, -0.2) is 0 Å². The molecule has 1 aromatic heterocycles. The second-order valence-electron chi connectivity index (χ2n) is 7.04. The summed E-state index contributed by atoms with van der Waals surface area (Å²) in [6.45, 7) is 1.41. The summed E-state index contributed by atoms with van der Waals surface area (Å²) in [4.78, 5) is 14.6. The molecule has 0 saturated carbocycles. The van der Waals surface area contributed by atoms with Gasteiger partial charge in [0.15, 0.2) is 0 Å². The van der Waals surface area contributed by atoms with Crippen molar-refractivity contribution < 1.29 is 9.53 Å². The number of amides is 1. The first-order valence-electron chi connectivity index (χ1n) is 9.55. The first-order chi connectivity index (χ1) is 14.6. The number of hydrogen-bond donors (Lipinski definition) is 1. The van der Waals surface area contributed by atoms with E-state index in [2.05, 4.69) is 56.8 Å². The maximum absolute atomic E-state index is 12.4. The van der Waals surface area contributed by atoms with Crippen LogP contribution in [-0.4, -0.2) is 35.2 Å². The Labute approximate surface area is 179 Å². The molecular formula is C23H22N4O2S. The molecule has 0 radical (unpaired) electrons. The number of methoxy groups -OCH3 is 1. The Morgan fingerprint density at radius 1 is 1.00 bits per heavy atom. The molecule has 30 heavy (non-hydrogen) atoms. The maximum Gasteiger partial charge on any atom is 0.286 e. The van der Waals surface area contributed by atoms with Crippen molar-refractivity contribution in [1.82, 2.24) is 15.1 Å². The third-order valence-electron chi connectivity index (χ3n) is 4.68. The summed E-state index contributed by atoms with van der Waals surface area (Å²) in [5.41, 5.74) is 1.92. The molecule has 1 N–H and O–H groups in total. The lowest BCUT2D eigenvalue weighted by Crippen LogP contribution is -2.17. The minimum absolute atomic E-state index is 0.263. The van der Waals surface area contributed by atoms with Gasteiger partial charge in [0, 0.05) is 12.2 Å². The fourth-order valence-corrected chi connectivity index (χ4v) is 4.02. The van der Waals surface area contributed by atoms with Gasteiger partial charge in [-0.05, 0) is 53.7 Å². The number of carbonyl (C=O) groups is 1. The summed E-state index contributed by atoms with van der Waals surface area (Å²) in [5.74, 6) is 0.474. The van der Waals surface area contributed by atoms with Gasteiger partial charge >= 0.3 is 0 Å². The number of nitrogens with zero attached hydrogens (tertiary/aromatic N) is 3. The summed E-state index contributed by atoms with van der Waals surface area (Å²) >= 11 is 1.31. The van der Waals surface area contributed by atoms with Crippen LogP contribution < -0.4 is 10.1 Å². The standard InChI is InChI=1S/C23H22N4O2S/c1-27(14-16-7-8-17-5-3-4-6-18(17)13-16)15-21-25-26-23(30-21)22(28)24-19-9-11-20(29-2)12-10-19/h3-13H,14-15H2,1-2H3,(H,24,28). The van der Waals surface area contributed by atoms with Gasteiger partial charge in [0.05, 0.1) is 13.7 Å². The van der Waals surface area contributed by atoms with Gasteiger partial charge in [-0.2, -0.15) is 0 Å². The van der Waals surface area contributed by atoms with Crippen LogP contribution in [0.5, 0.6) is 5.75 Å². The molecule has 3 aromatic carbocycles. The smallest absolute Gasteiger partial charge is 0.286 e. The molecule has 0 aliphatic carbocycles. The zero-order valence-electron chi connectivity index (χ0n) is 16.8. The second-order valence-corrected chi connectivity index (χ2v) is 8.10. The summed E-state index contributed by atoms with van der Waals surface area (Å²) in [6.07, 6.45) is 0. The number of aromatic nitrogens is 2. The molecule has 0 atom stereocenters. The second kappa shape index (κ2) is 9.02. The van der Waals surface area contributed by atoms with Crippen LogP contribution >= 0.6 is 11.3 Å². The van der Waals surface area contributed by atoms with Crippen molar-refractivity contribution >= 4 is 33.7 Å². The largest absolute Gasteiger partial charge is 0.497 e. The number of benzene rings is 3. The molecule has 1 amide bonds. The summed E-state index contributed by atoms with van der Waals surface area (Å²) in [6, 6.07) is 22.0. The van der Waals surface area contributed by atoms with Crippen molar-refractivity contribution in [3.63, 3.8) is 0 Å². The van der Waals surface area contributed by atoms with Crippen LogP contribution in [0.2, 0.25) is 0 Å². The fraction of sp³-hybridized carbons (Fsp3) is 0.174. The molecule has 0 saturated heterocycles. The average Bonchev–Trinajstić information content (AvgIpc) is 3.22. The predicted molar refractivity (Wildman–Crippen MR) is 120 cm³/mol. The number of hydrogen-bond acceptors (Lipinski definition) is 6. The molecule has 7 heteroatoms. The summed E-state index contributed by atoms with van der Waals surface area (Å²) in [7, 11) is 3.64. The van der Waals surface area contributed by atoms with Gasteiger partial charge in [0.2, 0.25) is 5.01 Å². The molecule has 4 rings (SSSR count). The lowest BCUT2D eigenvalue weighted by atomic mass is 10.1. The molecule has 0 aliphatic rings. The monoisotopic (exact) mass is 418 g/mol. The SMILES string of the molecule is COc1ccc(NC(=O)c2nnc(CN(C)Cc3ccc4ccccc4c3)s2)cc1. The summed E-state index contributed by atoms with van der Waals surface area (Å²) in [5, 5.41) is 14.7. The highest BCUT2D eigenvalue weighted by Gasteiger charge is 2.14. The Morgan fingerprint density at radius 2 is 1.77 bits per heavy atom. The lowest BCUT2D eigenvalue weighted by molar-refractivity contribution is 0.102. The average molecular weight is 419 g/mol. The number of nitrogens with one attached hydrogen (secondary N) is 1. The van der Waals surface area contributed by atoms with E-state index < -0.39 is 0 Å². The maximum atomic E-state index is 12.4. The Bertz CT molecular complexity index is 1160. The van der Waals surface area contributed by atoms with Crippen LogP contribution in [0.4, 0.5) is 5.69 Å². The van der Waals surface area contributed by atoms with Crippen molar-refractivity contribution in [1.29, 1.82) is 0 Å². The zero-order valence-corrected chi connectivity index (χ0v) is 17.6. The number of anilines is 1. The number of carbonyl (C=O) groups excluding carboxylic acids is 1. The van der Waals surface area contributed by atoms with Crippen molar-refractivity contribution in [2.75, 3.05) is 19.5 Å². The minimum Gasteiger partial charge on any atom is -0.497 e. The van der Waals surface area contributed by atoms with Gasteiger partial charge in [-0.3, -0.25) is 9.69 Å². The fourth-order valence-electron chi connectivity index (χ4n) is 3.20. The molecule has 0 fully saturated rings. The zero-order chi connectivity index (χ0) is 20.9. The lowest BCUT2D eigenvalue weighted by Gasteiger charge is -2.15. The summed E-state index contributed by atoms with van der Waals surface area (Å²) < 4.78 is 5.13. The molecule has 152 valence electrons. The molecule has 0 spiro atoms. The van der Waals surface area contributed by atoms with Gasteiger partial charge in [-0.15, -0.1) is 10.2 Å². The van der Waals surface area contributed by atoms with Crippen LogP contribution in [-0.2, 0) is 13.1 Å². The van der Waals surface area contributed by atoms with E-state index in [1.54, 1.807) is 31.4 Å². The molecule has 0 bridgehead atoms. The van der Waals surface area contributed by atoms with Crippen molar-refractivity contribution in [3.8, 4) is 5.75 Å². The quantitative estimate of drug-likeness (QED) is 0.476. The molecule has 6 nitrogen and oxygen atoms in total. The highest BCUT2D eigenvalue weighted by molar-refractivity contribution is 7.13. The molecule has 0 aliphatic heterocycles. The Hall–Kier alpha value is -3.29. The van der Waals surface area contributed by atoms with E-state index in [1.165, 1.54) is 27.7 Å². The number of fused-ring (bicyclic) bond motifs is 1. The van der Waals surface area contributed by atoms with E-state index in [9.17, 15) is 4.79 Å². The predicted octanol–water partition coefficient (Wildman–Crippen LogP) is 4.58. The van der Waals surface area contributed by atoms with Gasteiger partial charge in [-0.1, -0.05) is 47.7 Å². The van der Waals surface area contributed by atoms with Gasteiger partial charge in [0.25, 0.3) is 5.91 Å². The van der Waals surface area contributed by atoms with Gasteiger partial charge < -0.3 is 10.1 Å². The van der Waals surface area contributed by atoms with E-state index in [4.69, 9.17) is 4.74 Å². The highest BCUT2D eigenvalue weighted by atomic mass is 32.1. The third-order valence-corrected chi connectivity index (χ3v) is 5.59. The highest BCUT2D eigenvalue weighted by Crippen LogP contribution is 2.19. The Kier molecular flexibility index (Phi) is 6.02. The normalized spacial score (nSPS) is 11.0. The topological polar surface area (TPSA) is 67.3 Å². The van der Waals surface area contributed by atoms with Gasteiger partial charge in [0.1, 0.15) is 10.8 Å². The van der Waals surface area contributed by atoms with Crippen molar-refractivity contribution in [2.45, 2.75) is 13.1 Å².